The standard InChI is InChI=1S/C21H21F6N3O5S/c1-10(6-33-21(25,26)27)34-18(32)30-8-19(9-30)4-11(5-19)35-14-3-13(20(22,23)24)16-15(29-14)12(7-36-16)17(31)28-2/h3,7,10-11H,4-6,8-9H2,1-2H3,(H,28,31)/t10-/m0/s1. The van der Waals surface area contributed by atoms with Crippen LogP contribution in [0.15, 0.2) is 11.4 Å². The number of nitrogens with one attached hydrogen (secondary N) is 1. The molecule has 1 atom stereocenters. The quantitative estimate of drug-likeness (QED) is 0.539. The van der Waals surface area contributed by atoms with Gasteiger partial charge in [0.1, 0.15) is 12.2 Å². The topological polar surface area (TPSA) is 90.0 Å². The summed E-state index contributed by atoms with van der Waals surface area (Å²) < 4.78 is 91.3. The van der Waals surface area contributed by atoms with Gasteiger partial charge in [0.15, 0.2) is 0 Å². The molecule has 0 aromatic carbocycles. The second kappa shape index (κ2) is 9.25. The third kappa shape index (κ3) is 5.45. The lowest BCUT2D eigenvalue weighted by atomic mass is 9.62. The van der Waals surface area contributed by atoms with E-state index in [0.29, 0.717) is 12.8 Å². The molecule has 36 heavy (non-hydrogen) atoms. The Balaban J connectivity index is 1.35. The number of rotatable bonds is 6. The number of aromatic nitrogens is 1. The van der Waals surface area contributed by atoms with Crippen LogP contribution in [-0.2, 0) is 15.7 Å². The zero-order valence-electron chi connectivity index (χ0n) is 19.0. The van der Waals surface area contributed by atoms with Gasteiger partial charge in [0, 0.05) is 37.0 Å². The van der Waals surface area contributed by atoms with Crippen LogP contribution in [0.5, 0.6) is 5.88 Å². The van der Waals surface area contributed by atoms with Crippen LogP contribution in [0.4, 0.5) is 31.1 Å². The van der Waals surface area contributed by atoms with Crippen molar-refractivity contribution >= 4 is 33.6 Å². The maximum Gasteiger partial charge on any atom is 0.522 e. The van der Waals surface area contributed by atoms with Crippen molar-refractivity contribution in [2.45, 2.75) is 44.5 Å². The van der Waals surface area contributed by atoms with E-state index in [4.69, 9.17) is 9.47 Å². The number of alkyl halides is 6. The summed E-state index contributed by atoms with van der Waals surface area (Å²) in [7, 11) is 1.36. The van der Waals surface area contributed by atoms with Gasteiger partial charge in [-0.2, -0.15) is 13.2 Å². The van der Waals surface area contributed by atoms with E-state index in [9.17, 15) is 35.9 Å². The second-order valence-corrected chi connectivity index (χ2v) is 9.75. The molecule has 0 unspecified atom stereocenters. The summed E-state index contributed by atoms with van der Waals surface area (Å²) >= 11 is 0.770. The molecule has 1 aliphatic carbocycles. The molecule has 8 nitrogen and oxygen atoms in total. The van der Waals surface area contributed by atoms with Crippen molar-refractivity contribution in [3.05, 3.63) is 22.6 Å². The predicted octanol–water partition coefficient (Wildman–Crippen LogP) is 4.58. The lowest BCUT2D eigenvalue weighted by molar-refractivity contribution is -0.330. The van der Waals surface area contributed by atoms with Crippen LogP contribution in [0, 0.1) is 5.41 Å². The smallest absolute Gasteiger partial charge is 0.474 e. The van der Waals surface area contributed by atoms with Gasteiger partial charge >= 0.3 is 18.6 Å². The summed E-state index contributed by atoms with van der Waals surface area (Å²) in [4.78, 5) is 29.6. The van der Waals surface area contributed by atoms with Gasteiger partial charge in [0.2, 0.25) is 5.88 Å². The molecule has 1 spiro atoms. The first kappa shape index (κ1) is 26.3. The molecule has 2 amide bonds. The third-order valence-electron chi connectivity index (χ3n) is 5.98. The lowest BCUT2D eigenvalue weighted by Crippen LogP contribution is -2.66. The number of hydrogen-bond donors (Lipinski definition) is 1. The van der Waals surface area contributed by atoms with Gasteiger partial charge in [-0.1, -0.05) is 0 Å². The highest BCUT2D eigenvalue weighted by molar-refractivity contribution is 7.17. The molecule has 2 aromatic rings. The Kier molecular flexibility index (Phi) is 6.75. The maximum absolute atomic E-state index is 13.6. The number of hydrogen-bond acceptors (Lipinski definition) is 7. The number of halogens is 6. The van der Waals surface area contributed by atoms with E-state index >= 15 is 0 Å². The van der Waals surface area contributed by atoms with E-state index in [-0.39, 0.29) is 40.2 Å². The van der Waals surface area contributed by atoms with Crippen molar-refractivity contribution in [3.63, 3.8) is 0 Å². The van der Waals surface area contributed by atoms with Crippen LogP contribution in [0.2, 0.25) is 0 Å². The molecule has 2 aliphatic rings. The molecule has 0 radical (unpaired) electrons. The minimum absolute atomic E-state index is 0.0153. The molecule has 1 saturated heterocycles. The van der Waals surface area contributed by atoms with Gasteiger partial charge in [0.05, 0.1) is 28.0 Å². The Morgan fingerprint density at radius 1 is 1.25 bits per heavy atom. The zero-order valence-corrected chi connectivity index (χ0v) is 19.8. The molecule has 1 aliphatic heterocycles. The summed E-state index contributed by atoms with van der Waals surface area (Å²) in [5.41, 5.74) is -1.33. The monoisotopic (exact) mass is 541 g/mol. The lowest BCUT2D eigenvalue weighted by Gasteiger charge is -2.57. The third-order valence-corrected chi connectivity index (χ3v) is 6.98. The van der Waals surface area contributed by atoms with Gasteiger partial charge in [-0.15, -0.1) is 24.5 Å². The number of ether oxygens (including phenoxy) is 3. The minimum atomic E-state index is -4.82. The average molecular weight is 541 g/mol. The Bertz CT molecular complexity index is 1150. The summed E-state index contributed by atoms with van der Waals surface area (Å²) in [6.45, 7) is 1.01. The van der Waals surface area contributed by atoms with E-state index in [1.165, 1.54) is 24.3 Å². The number of carbonyl (C=O) groups is 2. The van der Waals surface area contributed by atoms with Crippen LogP contribution >= 0.6 is 11.3 Å². The number of likely N-dealkylation sites (tertiary alicyclic amines) is 1. The van der Waals surface area contributed by atoms with E-state index < -0.39 is 48.9 Å². The summed E-state index contributed by atoms with van der Waals surface area (Å²) in [6.07, 6.45) is -10.9. The molecular weight excluding hydrogens is 520 g/mol. The number of fused-ring (bicyclic) bond motifs is 1. The molecule has 4 rings (SSSR count). The fourth-order valence-corrected chi connectivity index (χ4v) is 5.38. The molecule has 1 N–H and O–H groups in total. The Hall–Kier alpha value is -2.81. The normalized spacial score (nSPS) is 18.5. The van der Waals surface area contributed by atoms with Crippen LogP contribution in [0.3, 0.4) is 0 Å². The van der Waals surface area contributed by atoms with Gasteiger partial charge in [-0.05, 0) is 19.8 Å². The van der Waals surface area contributed by atoms with Crippen molar-refractivity contribution < 1.29 is 50.1 Å². The van der Waals surface area contributed by atoms with Gasteiger partial charge in [0.25, 0.3) is 5.91 Å². The first-order chi connectivity index (χ1) is 16.7. The van der Waals surface area contributed by atoms with Gasteiger partial charge in [-0.3, -0.25) is 9.53 Å². The molecule has 2 aromatic heterocycles. The van der Waals surface area contributed by atoms with Crippen molar-refractivity contribution in [1.82, 2.24) is 15.2 Å². The SMILES string of the molecule is CNC(=O)c1csc2c(C(F)(F)F)cc(OC3CC4(C3)CN(C(=O)O[C@@H](C)COC(F)(F)F)C4)nc12. The number of thiophene rings is 1. The Morgan fingerprint density at radius 3 is 2.50 bits per heavy atom. The van der Waals surface area contributed by atoms with Crippen LogP contribution < -0.4 is 10.1 Å². The Labute approximate surface area is 204 Å². The largest absolute Gasteiger partial charge is 0.522 e. The second-order valence-electron chi connectivity index (χ2n) is 8.87. The molecule has 2 fully saturated rings. The molecule has 15 heteroatoms. The summed E-state index contributed by atoms with van der Waals surface area (Å²) in [6, 6.07) is 0.812. The maximum atomic E-state index is 13.6. The fourth-order valence-electron chi connectivity index (χ4n) is 4.36. The van der Waals surface area contributed by atoms with Gasteiger partial charge in [-0.25, -0.2) is 9.78 Å². The van der Waals surface area contributed by atoms with Crippen LogP contribution in [0.1, 0.15) is 35.7 Å². The first-order valence-electron chi connectivity index (χ1n) is 10.7. The molecule has 3 heterocycles. The predicted molar refractivity (Wildman–Crippen MR) is 114 cm³/mol. The van der Waals surface area contributed by atoms with Crippen molar-refractivity contribution in [2.75, 3.05) is 26.7 Å². The van der Waals surface area contributed by atoms with Crippen molar-refractivity contribution in [1.29, 1.82) is 0 Å². The zero-order chi connectivity index (χ0) is 26.5. The Morgan fingerprint density at radius 2 is 1.92 bits per heavy atom. The van der Waals surface area contributed by atoms with Gasteiger partial charge < -0.3 is 19.7 Å². The molecular formula is C21H21F6N3O5S. The number of amides is 2. The number of nitrogens with zero attached hydrogens (tertiary/aromatic N) is 2. The van der Waals surface area contributed by atoms with Crippen LogP contribution in [0.25, 0.3) is 10.2 Å². The molecule has 0 bridgehead atoms. The minimum Gasteiger partial charge on any atom is -0.474 e. The summed E-state index contributed by atoms with van der Waals surface area (Å²) in [5, 5.41) is 3.68. The average Bonchev–Trinajstić information content (AvgIpc) is 3.14. The highest BCUT2D eigenvalue weighted by Gasteiger charge is 2.55. The van der Waals surface area contributed by atoms with E-state index in [0.717, 1.165) is 17.4 Å². The van der Waals surface area contributed by atoms with Crippen molar-refractivity contribution in [2.24, 2.45) is 5.41 Å². The number of pyridine rings is 1. The molecule has 1 saturated carbocycles. The van der Waals surface area contributed by atoms with E-state index in [2.05, 4.69) is 15.0 Å². The van der Waals surface area contributed by atoms with Crippen molar-refractivity contribution in [3.8, 4) is 5.88 Å². The first-order valence-corrected chi connectivity index (χ1v) is 11.6. The van der Waals surface area contributed by atoms with E-state index in [1.54, 1.807) is 0 Å². The molecule has 198 valence electrons. The number of carbonyl (C=O) groups excluding carboxylic acids is 2. The highest BCUT2D eigenvalue weighted by atomic mass is 32.1. The summed E-state index contributed by atoms with van der Waals surface area (Å²) in [5.74, 6) is -0.824. The fraction of sp³-hybridized carbons (Fsp3) is 0.571. The van der Waals surface area contributed by atoms with Crippen LogP contribution in [-0.4, -0.2) is 67.2 Å². The highest BCUT2D eigenvalue weighted by Crippen LogP contribution is 2.50. The van der Waals surface area contributed by atoms with E-state index in [1.807, 2.05) is 0 Å².